The van der Waals surface area contributed by atoms with E-state index in [9.17, 15) is 0 Å². The maximum absolute atomic E-state index is 3.40. The van der Waals surface area contributed by atoms with Crippen LogP contribution in [0, 0.1) is 0 Å². The molecule has 0 aliphatic carbocycles. The van der Waals surface area contributed by atoms with E-state index in [2.05, 4.69) is 47.5 Å². The molecule has 1 N–H and O–H groups in total. The molecule has 100 valence electrons. The fourth-order valence-corrected chi connectivity index (χ4v) is 5.52. The van der Waals surface area contributed by atoms with Gasteiger partial charge in [-0.1, -0.05) is 0 Å². The standard InChI is InChI=1S/C12H22I2N3/c1-15-12-4-8-17(9-5-12)14-10-11-2-6-16(13)7-3-11/h2,12,15H,3-10H2,1H3/q-1. The maximum atomic E-state index is 3.40. The van der Waals surface area contributed by atoms with Crippen molar-refractivity contribution in [2.45, 2.75) is 25.3 Å². The molecule has 0 atom stereocenters. The van der Waals surface area contributed by atoms with Crippen molar-refractivity contribution in [3.8, 4) is 0 Å². The average molecular weight is 462 g/mol. The van der Waals surface area contributed by atoms with Crippen molar-refractivity contribution in [1.82, 2.24) is 11.5 Å². The van der Waals surface area contributed by atoms with Gasteiger partial charge in [0.25, 0.3) is 0 Å². The summed E-state index contributed by atoms with van der Waals surface area (Å²) in [5.74, 6) is 0. The summed E-state index contributed by atoms with van der Waals surface area (Å²) in [7, 11) is 2.10. The molecule has 1 fully saturated rings. The summed E-state index contributed by atoms with van der Waals surface area (Å²) in [6.45, 7) is 5.05. The van der Waals surface area contributed by atoms with Gasteiger partial charge in [0.2, 0.25) is 0 Å². The first-order valence-corrected chi connectivity index (χ1v) is 9.83. The van der Waals surface area contributed by atoms with Crippen LogP contribution < -0.4 is 26.8 Å². The first-order valence-electron chi connectivity index (χ1n) is 6.38. The zero-order valence-electron chi connectivity index (χ0n) is 10.5. The molecule has 0 aromatic heterocycles. The zero-order chi connectivity index (χ0) is 12.1. The predicted molar refractivity (Wildman–Crippen MR) is 76.8 cm³/mol. The van der Waals surface area contributed by atoms with E-state index in [1.54, 1.807) is 5.57 Å². The third kappa shape index (κ3) is 4.93. The Labute approximate surface area is 129 Å². The SMILES string of the molecule is CNC1CCN([I-]CC2=CCN(I)CC2)CC1. The molecule has 2 heterocycles. The van der Waals surface area contributed by atoms with E-state index < -0.39 is 0 Å². The second kappa shape index (κ2) is 7.62. The van der Waals surface area contributed by atoms with Crippen molar-refractivity contribution in [1.29, 1.82) is 0 Å². The molecule has 0 aromatic rings. The van der Waals surface area contributed by atoms with Crippen LogP contribution in [0.25, 0.3) is 0 Å². The third-order valence-electron chi connectivity index (χ3n) is 3.50. The van der Waals surface area contributed by atoms with Crippen molar-refractivity contribution in [2.24, 2.45) is 0 Å². The molecule has 5 heteroatoms. The Balaban J connectivity index is 1.66. The van der Waals surface area contributed by atoms with Crippen molar-refractivity contribution < 1.29 is 21.5 Å². The Bertz CT molecular complexity index is 262. The van der Waals surface area contributed by atoms with Gasteiger partial charge in [0.15, 0.2) is 0 Å². The normalized spacial score (nSPS) is 25.2. The van der Waals surface area contributed by atoms with Crippen LogP contribution in [0.1, 0.15) is 19.3 Å². The van der Waals surface area contributed by atoms with E-state index in [1.165, 1.54) is 43.3 Å². The molecule has 0 aromatic carbocycles. The van der Waals surface area contributed by atoms with E-state index in [0.29, 0.717) is 0 Å². The second-order valence-corrected chi connectivity index (χ2v) is 8.88. The topological polar surface area (TPSA) is 18.5 Å². The van der Waals surface area contributed by atoms with Crippen LogP contribution in [0.2, 0.25) is 0 Å². The minimum absolute atomic E-state index is 0.256. The van der Waals surface area contributed by atoms with Crippen LogP contribution in [0.4, 0.5) is 0 Å². The Morgan fingerprint density at radius 3 is 2.76 bits per heavy atom. The van der Waals surface area contributed by atoms with Crippen molar-refractivity contribution >= 4 is 22.9 Å². The Morgan fingerprint density at radius 1 is 1.41 bits per heavy atom. The van der Waals surface area contributed by atoms with Crippen molar-refractivity contribution in [2.75, 3.05) is 37.7 Å². The molecule has 2 aliphatic heterocycles. The number of hydrogen-bond donors (Lipinski definition) is 1. The van der Waals surface area contributed by atoms with Gasteiger partial charge in [-0.05, 0) is 0 Å². The number of nitrogens with one attached hydrogen (secondary N) is 1. The molecule has 17 heavy (non-hydrogen) atoms. The quantitative estimate of drug-likeness (QED) is 0.242. The van der Waals surface area contributed by atoms with E-state index in [0.717, 1.165) is 12.6 Å². The molecular formula is C12H22I2N3-. The number of alkyl halides is 1. The first kappa shape index (κ1) is 14.5. The van der Waals surface area contributed by atoms with Crippen LogP contribution >= 0.6 is 22.9 Å². The fraction of sp³-hybridized carbons (Fsp3) is 0.833. The van der Waals surface area contributed by atoms with Crippen LogP contribution in [-0.2, 0) is 0 Å². The third-order valence-corrected chi connectivity index (χ3v) is 7.63. The van der Waals surface area contributed by atoms with Gasteiger partial charge in [-0.3, -0.25) is 0 Å². The molecule has 1 saturated heterocycles. The second-order valence-electron chi connectivity index (χ2n) is 4.71. The van der Waals surface area contributed by atoms with E-state index in [1.807, 2.05) is 0 Å². The van der Waals surface area contributed by atoms with E-state index in [4.69, 9.17) is 0 Å². The Morgan fingerprint density at radius 2 is 2.18 bits per heavy atom. The number of halogens is 2. The van der Waals surface area contributed by atoms with Gasteiger partial charge in [0, 0.05) is 0 Å². The Kier molecular flexibility index (Phi) is 6.49. The van der Waals surface area contributed by atoms with Gasteiger partial charge in [0.05, 0.1) is 0 Å². The average Bonchev–Trinajstić information content (AvgIpc) is 2.39. The van der Waals surface area contributed by atoms with Gasteiger partial charge in [-0.15, -0.1) is 0 Å². The molecule has 0 spiro atoms. The summed E-state index contributed by atoms with van der Waals surface area (Å²) in [4.78, 5) is 0. The van der Waals surface area contributed by atoms with Crippen molar-refractivity contribution in [3.63, 3.8) is 0 Å². The molecular weight excluding hydrogens is 440 g/mol. The minimum atomic E-state index is 0.256. The van der Waals surface area contributed by atoms with Gasteiger partial charge in [-0.25, -0.2) is 0 Å². The molecule has 0 bridgehead atoms. The van der Waals surface area contributed by atoms with Crippen LogP contribution in [0.3, 0.4) is 0 Å². The molecule has 0 radical (unpaired) electrons. The number of nitrogens with zero attached hydrogens (tertiary/aromatic N) is 2. The summed E-state index contributed by atoms with van der Waals surface area (Å²) in [6.07, 6.45) is 6.44. The molecule has 0 amide bonds. The summed E-state index contributed by atoms with van der Waals surface area (Å²) in [5.41, 5.74) is 1.72. The summed E-state index contributed by atoms with van der Waals surface area (Å²) >= 11 is 2.68. The molecule has 0 saturated carbocycles. The summed E-state index contributed by atoms with van der Waals surface area (Å²) in [5, 5.41) is 3.40. The van der Waals surface area contributed by atoms with Crippen LogP contribution in [0.5, 0.6) is 0 Å². The van der Waals surface area contributed by atoms with Gasteiger partial charge >= 0.3 is 130 Å². The van der Waals surface area contributed by atoms with Gasteiger partial charge in [0.1, 0.15) is 0 Å². The fourth-order valence-electron chi connectivity index (χ4n) is 2.23. The van der Waals surface area contributed by atoms with E-state index in [-0.39, 0.29) is 21.5 Å². The summed E-state index contributed by atoms with van der Waals surface area (Å²) < 4.78 is 6.51. The molecule has 2 aliphatic rings. The monoisotopic (exact) mass is 462 g/mol. The van der Waals surface area contributed by atoms with Crippen molar-refractivity contribution in [3.05, 3.63) is 11.6 Å². The van der Waals surface area contributed by atoms with Gasteiger partial charge in [-0.2, -0.15) is 0 Å². The Hall–Kier alpha value is 1.08. The molecule has 2 rings (SSSR count). The first-order chi connectivity index (χ1) is 8.28. The summed E-state index contributed by atoms with van der Waals surface area (Å²) in [6, 6.07) is 0.775. The van der Waals surface area contributed by atoms with Gasteiger partial charge < -0.3 is 0 Å². The zero-order valence-corrected chi connectivity index (χ0v) is 14.8. The van der Waals surface area contributed by atoms with E-state index >= 15 is 0 Å². The van der Waals surface area contributed by atoms with Crippen LogP contribution in [0.15, 0.2) is 11.6 Å². The number of rotatable bonds is 4. The predicted octanol–water partition coefficient (Wildman–Crippen LogP) is -1.34. The number of hydrogen-bond acceptors (Lipinski definition) is 3. The molecule has 0 unspecified atom stereocenters. The van der Waals surface area contributed by atoms with Crippen LogP contribution in [-0.4, -0.2) is 49.9 Å². The number of piperidine rings is 1. The molecule has 3 nitrogen and oxygen atoms in total.